The minimum Gasteiger partial charge on any atom is -0.395 e. The Kier molecular flexibility index (Phi) is 6.23. The molecule has 1 rings (SSSR count). The van der Waals surface area contributed by atoms with Crippen LogP contribution in [0.25, 0.3) is 0 Å². The van der Waals surface area contributed by atoms with Gasteiger partial charge in [-0.05, 0) is 11.6 Å². The molecule has 0 bridgehead atoms. The summed E-state index contributed by atoms with van der Waals surface area (Å²) >= 11 is 0. The molecule has 0 unspecified atom stereocenters. The van der Waals surface area contributed by atoms with Crippen LogP contribution in [0, 0.1) is 11.8 Å². The van der Waals surface area contributed by atoms with E-state index in [1.807, 2.05) is 6.07 Å². The van der Waals surface area contributed by atoms with Gasteiger partial charge in [0, 0.05) is 12.0 Å². The second-order valence-electron chi connectivity index (χ2n) is 3.34. The molecule has 0 heterocycles. The van der Waals surface area contributed by atoms with Crippen molar-refractivity contribution in [1.82, 2.24) is 0 Å². The maximum atomic E-state index is 11.9. The summed E-state index contributed by atoms with van der Waals surface area (Å²) in [4.78, 5) is 0. The third-order valence-corrected chi connectivity index (χ3v) is 1.98. The standard InChI is InChI=1S/C13H14F2O2/c14-13(15)10-17-9-12-7-2-1-5-11(12)6-3-4-8-16/h1-2,5,7,13,16H,4,8-10H2. The largest absolute Gasteiger partial charge is 0.395 e. The molecular weight excluding hydrogens is 226 g/mol. The van der Waals surface area contributed by atoms with Crippen molar-refractivity contribution in [3.05, 3.63) is 35.4 Å². The topological polar surface area (TPSA) is 29.5 Å². The van der Waals surface area contributed by atoms with Crippen molar-refractivity contribution in [1.29, 1.82) is 0 Å². The summed E-state index contributed by atoms with van der Waals surface area (Å²) in [5, 5.41) is 8.61. The molecule has 0 aromatic heterocycles. The van der Waals surface area contributed by atoms with Gasteiger partial charge in [0.1, 0.15) is 6.61 Å². The Bertz CT molecular complexity index is 394. The van der Waals surface area contributed by atoms with E-state index in [1.54, 1.807) is 18.2 Å². The SMILES string of the molecule is OCCC#Cc1ccccc1COCC(F)F. The van der Waals surface area contributed by atoms with Gasteiger partial charge in [-0.25, -0.2) is 8.78 Å². The van der Waals surface area contributed by atoms with Gasteiger partial charge in [0.15, 0.2) is 0 Å². The van der Waals surface area contributed by atoms with E-state index in [2.05, 4.69) is 11.8 Å². The molecular formula is C13H14F2O2. The molecule has 0 aliphatic carbocycles. The fraction of sp³-hybridized carbons (Fsp3) is 0.385. The van der Waals surface area contributed by atoms with Crippen LogP contribution in [0.4, 0.5) is 8.78 Å². The summed E-state index contributed by atoms with van der Waals surface area (Å²) in [5.74, 6) is 5.66. The first kappa shape index (κ1) is 13.6. The van der Waals surface area contributed by atoms with Gasteiger partial charge in [0.25, 0.3) is 6.43 Å². The molecule has 4 heteroatoms. The molecule has 0 aliphatic rings. The summed E-state index contributed by atoms with van der Waals surface area (Å²) in [6, 6.07) is 7.21. The molecule has 0 amide bonds. The van der Waals surface area contributed by atoms with Gasteiger partial charge in [0.05, 0.1) is 13.2 Å². The Balaban J connectivity index is 2.62. The highest BCUT2D eigenvalue weighted by atomic mass is 19.3. The van der Waals surface area contributed by atoms with Crippen molar-refractivity contribution in [2.24, 2.45) is 0 Å². The van der Waals surface area contributed by atoms with Gasteiger partial charge in [0.2, 0.25) is 0 Å². The number of alkyl halides is 2. The highest BCUT2D eigenvalue weighted by Gasteiger charge is 2.04. The second kappa shape index (κ2) is 7.77. The van der Waals surface area contributed by atoms with Crippen LogP contribution in [0.1, 0.15) is 17.5 Å². The molecule has 2 nitrogen and oxygen atoms in total. The number of aliphatic hydroxyl groups is 1. The highest BCUT2D eigenvalue weighted by molar-refractivity contribution is 5.40. The molecule has 0 saturated carbocycles. The lowest BCUT2D eigenvalue weighted by Gasteiger charge is -2.05. The van der Waals surface area contributed by atoms with Crippen LogP contribution in [-0.4, -0.2) is 24.7 Å². The average Bonchev–Trinajstić information content (AvgIpc) is 2.31. The Morgan fingerprint density at radius 1 is 1.29 bits per heavy atom. The first-order chi connectivity index (χ1) is 8.24. The lowest BCUT2D eigenvalue weighted by Crippen LogP contribution is -2.05. The number of aliphatic hydroxyl groups excluding tert-OH is 1. The van der Waals surface area contributed by atoms with Crippen LogP contribution in [0.3, 0.4) is 0 Å². The summed E-state index contributed by atoms with van der Waals surface area (Å²) in [7, 11) is 0. The van der Waals surface area contributed by atoms with Crippen LogP contribution in [0.15, 0.2) is 24.3 Å². The molecule has 1 aromatic carbocycles. The van der Waals surface area contributed by atoms with Crippen molar-refractivity contribution >= 4 is 0 Å². The minimum atomic E-state index is -2.46. The Labute approximate surface area is 99.2 Å². The molecule has 0 atom stereocenters. The van der Waals surface area contributed by atoms with Gasteiger partial charge >= 0.3 is 0 Å². The smallest absolute Gasteiger partial charge is 0.261 e. The van der Waals surface area contributed by atoms with Gasteiger partial charge in [-0.2, -0.15) is 0 Å². The molecule has 1 N–H and O–H groups in total. The Morgan fingerprint density at radius 2 is 2.06 bits per heavy atom. The number of ether oxygens (including phenoxy) is 1. The van der Waals surface area contributed by atoms with Gasteiger partial charge in [-0.15, -0.1) is 0 Å². The Morgan fingerprint density at radius 3 is 2.76 bits per heavy atom. The first-order valence-electron chi connectivity index (χ1n) is 5.27. The summed E-state index contributed by atoms with van der Waals surface area (Å²) in [6.07, 6.45) is -2.06. The number of rotatable bonds is 5. The van der Waals surface area contributed by atoms with Crippen molar-refractivity contribution in [2.45, 2.75) is 19.5 Å². The van der Waals surface area contributed by atoms with Crippen LogP contribution < -0.4 is 0 Å². The third-order valence-electron chi connectivity index (χ3n) is 1.98. The van der Waals surface area contributed by atoms with Crippen LogP contribution in [0.2, 0.25) is 0 Å². The van der Waals surface area contributed by atoms with Crippen LogP contribution in [0.5, 0.6) is 0 Å². The fourth-order valence-corrected chi connectivity index (χ4v) is 1.24. The van der Waals surface area contributed by atoms with E-state index in [4.69, 9.17) is 9.84 Å². The van der Waals surface area contributed by atoms with Gasteiger partial charge in [-0.3, -0.25) is 0 Å². The molecule has 1 aromatic rings. The maximum Gasteiger partial charge on any atom is 0.261 e. The van der Waals surface area contributed by atoms with Crippen molar-refractivity contribution < 1.29 is 18.6 Å². The van der Waals surface area contributed by atoms with E-state index in [0.29, 0.717) is 6.42 Å². The number of hydrogen-bond donors (Lipinski definition) is 1. The van der Waals surface area contributed by atoms with E-state index in [9.17, 15) is 8.78 Å². The monoisotopic (exact) mass is 240 g/mol. The molecule has 0 radical (unpaired) electrons. The van der Waals surface area contributed by atoms with E-state index in [0.717, 1.165) is 11.1 Å². The predicted molar refractivity (Wildman–Crippen MR) is 60.7 cm³/mol. The Hall–Kier alpha value is -1.44. The minimum absolute atomic E-state index is 0.0110. The van der Waals surface area contributed by atoms with Crippen LogP contribution in [-0.2, 0) is 11.3 Å². The zero-order valence-electron chi connectivity index (χ0n) is 9.33. The van der Waals surface area contributed by atoms with E-state index >= 15 is 0 Å². The van der Waals surface area contributed by atoms with E-state index < -0.39 is 13.0 Å². The summed E-state index contributed by atoms with van der Waals surface area (Å²) in [5.41, 5.74) is 1.52. The van der Waals surface area contributed by atoms with E-state index in [-0.39, 0.29) is 13.2 Å². The van der Waals surface area contributed by atoms with Crippen molar-refractivity contribution in [3.8, 4) is 11.8 Å². The second-order valence-corrected chi connectivity index (χ2v) is 3.34. The quantitative estimate of drug-likeness (QED) is 0.799. The third kappa shape index (κ3) is 5.43. The fourth-order valence-electron chi connectivity index (χ4n) is 1.24. The zero-order valence-corrected chi connectivity index (χ0v) is 9.33. The maximum absolute atomic E-state index is 11.9. The molecule has 0 aliphatic heterocycles. The number of benzene rings is 1. The molecule has 17 heavy (non-hydrogen) atoms. The lowest BCUT2D eigenvalue weighted by atomic mass is 10.1. The average molecular weight is 240 g/mol. The molecule has 0 saturated heterocycles. The van der Waals surface area contributed by atoms with Crippen molar-refractivity contribution in [2.75, 3.05) is 13.2 Å². The normalized spacial score (nSPS) is 10.1. The van der Waals surface area contributed by atoms with Crippen molar-refractivity contribution in [3.63, 3.8) is 0 Å². The van der Waals surface area contributed by atoms with Crippen LogP contribution >= 0.6 is 0 Å². The highest BCUT2D eigenvalue weighted by Crippen LogP contribution is 2.09. The molecule has 92 valence electrons. The van der Waals surface area contributed by atoms with E-state index in [1.165, 1.54) is 0 Å². The zero-order chi connectivity index (χ0) is 12.5. The molecule has 0 fully saturated rings. The predicted octanol–water partition coefficient (Wildman–Crippen LogP) is 2.20. The molecule has 0 spiro atoms. The first-order valence-corrected chi connectivity index (χ1v) is 5.27. The number of hydrogen-bond acceptors (Lipinski definition) is 2. The number of halogens is 2. The summed E-state index contributed by atoms with van der Waals surface area (Å²) < 4.78 is 28.7. The lowest BCUT2D eigenvalue weighted by molar-refractivity contribution is 0.00982. The van der Waals surface area contributed by atoms with Gasteiger partial charge < -0.3 is 9.84 Å². The van der Waals surface area contributed by atoms with Gasteiger partial charge in [-0.1, -0.05) is 30.0 Å². The summed E-state index contributed by atoms with van der Waals surface area (Å²) in [6.45, 7) is -0.441.